The van der Waals surface area contributed by atoms with E-state index in [9.17, 15) is 9.90 Å². The number of aliphatic hydroxyl groups excluding tert-OH is 1. The van der Waals surface area contributed by atoms with Gasteiger partial charge in [-0.2, -0.15) is 5.10 Å². The molecule has 1 aliphatic heterocycles. The van der Waals surface area contributed by atoms with Gasteiger partial charge in [0, 0.05) is 11.4 Å². The molecule has 1 amide bonds. The fourth-order valence-electron chi connectivity index (χ4n) is 4.15. The van der Waals surface area contributed by atoms with E-state index in [1.807, 2.05) is 24.3 Å². The topological polar surface area (TPSA) is 74.2 Å². The van der Waals surface area contributed by atoms with Crippen molar-refractivity contribution >= 4 is 40.5 Å². The van der Waals surface area contributed by atoms with Crippen molar-refractivity contribution < 1.29 is 14.6 Å². The lowest BCUT2D eigenvalue weighted by Crippen LogP contribution is -2.47. The van der Waals surface area contributed by atoms with E-state index in [-0.39, 0.29) is 18.0 Å². The summed E-state index contributed by atoms with van der Waals surface area (Å²) in [5, 5.41) is 20.6. The summed E-state index contributed by atoms with van der Waals surface area (Å²) in [6.07, 6.45) is 3.36. The fourth-order valence-corrected chi connectivity index (χ4v) is 4.65. The summed E-state index contributed by atoms with van der Waals surface area (Å²) < 4.78 is 5.26. The minimum atomic E-state index is -0.515. The van der Waals surface area contributed by atoms with E-state index in [0.29, 0.717) is 34.3 Å². The van der Waals surface area contributed by atoms with Crippen LogP contribution in [0, 0.1) is 0 Å². The van der Waals surface area contributed by atoms with E-state index in [4.69, 9.17) is 27.9 Å². The van der Waals surface area contributed by atoms with Crippen molar-refractivity contribution in [3.8, 4) is 5.75 Å². The van der Waals surface area contributed by atoms with Crippen LogP contribution in [0.1, 0.15) is 43.7 Å². The zero-order valence-corrected chi connectivity index (χ0v) is 18.7. The van der Waals surface area contributed by atoms with Gasteiger partial charge in [0.2, 0.25) is 0 Å². The molecule has 0 saturated heterocycles. The number of benzene rings is 2. The molecule has 0 bridgehead atoms. The highest BCUT2D eigenvalue weighted by molar-refractivity contribution is 6.40. The summed E-state index contributed by atoms with van der Waals surface area (Å²) in [6, 6.07) is 12.5. The van der Waals surface area contributed by atoms with Gasteiger partial charge in [0.1, 0.15) is 11.5 Å². The number of carbonyl (C=O) groups is 1. The minimum absolute atomic E-state index is 0.207. The number of halogens is 2. The van der Waals surface area contributed by atoms with E-state index in [0.717, 1.165) is 30.6 Å². The molecule has 0 radical (unpaired) electrons. The van der Waals surface area contributed by atoms with Crippen LogP contribution in [-0.4, -0.2) is 36.0 Å². The van der Waals surface area contributed by atoms with E-state index >= 15 is 0 Å². The number of nitrogens with zero attached hydrogens (tertiary/aromatic N) is 2. The molecule has 1 saturated carbocycles. The summed E-state index contributed by atoms with van der Waals surface area (Å²) in [5.41, 5.74) is 2.06. The lowest BCUT2D eigenvalue weighted by molar-refractivity contribution is -0.116. The molecule has 8 heteroatoms. The molecule has 2 aromatic rings. The highest BCUT2D eigenvalue weighted by Gasteiger charge is 2.35. The molecular weight excluding hydrogens is 437 g/mol. The fraction of sp³-hybridized carbons (Fsp3) is 0.391. The molecule has 0 aromatic heterocycles. The van der Waals surface area contributed by atoms with Gasteiger partial charge in [0.15, 0.2) is 0 Å². The predicted molar refractivity (Wildman–Crippen MR) is 123 cm³/mol. The van der Waals surface area contributed by atoms with E-state index in [1.165, 1.54) is 0 Å². The zero-order chi connectivity index (χ0) is 22.0. The maximum atomic E-state index is 13.0. The smallest absolute Gasteiger partial charge is 0.267 e. The second-order valence-electron chi connectivity index (χ2n) is 7.91. The lowest BCUT2D eigenvalue weighted by atomic mass is 9.92. The van der Waals surface area contributed by atoms with Crippen molar-refractivity contribution in [2.75, 3.05) is 12.1 Å². The van der Waals surface area contributed by atoms with Gasteiger partial charge in [0.25, 0.3) is 5.91 Å². The van der Waals surface area contributed by atoms with Gasteiger partial charge in [-0.3, -0.25) is 9.80 Å². The van der Waals surface area contributed by atoms with Gasteiger partial charge < -0.3 is 15.2 Å². The Balaban J connectivity index is 1.62. The normalized spacial score (nSPS) is 23.4. The lowest BCUT2D eigenvalue weighted by Gasteiger charge is -2.28. The molecule has 1 heterocycles. The first-order valence-corrected chi connectivity index (χ1v) is 11.2. The molecule has 3 atom stereocenters. The summed E-state index contributed by atoms with van der Waals surface area (Å²) in [6.45, 7) is 0. The molecule has 4 rings (SSSR count). The predicted octanol–water partition coefficient (Wildman–Crippen LogP) is 4.73. The SMILES string of the molecule is COc1ccc(C2CC(C(=O)N[C@@H]3CCCC[C@H]3O)=NN2c2ccc(Cl)cc2Cl)cc1. The first kappa shape index (κ1) is 21.9. The van der Waals surface area contributed by atoms with Gasteiger partial charge >= 0.3 is 0 Å². The first-order chi connectivity index (χ1) is 15.0. The van der Waals surface area contributed by atoms with Gasteiger partial charge in [-0.15, -0.1) is 0 Å². The van der Waals surface area contributed by atoms with Crippen molar-refractivity contribution in [1.29, 1.82) is 0 Å². The van der Waals surface area contributed by atoms with Gasteiger partial charge in [-0.1, -0.05) is 48.2 Å². The van der Waals surface area contributed by atoms with Crippen LogP contribution in [0.4, 0.5) is 5.69 Å². The number of amides is 1. The number of hydrogen-bond acceptors (Lipinski definition) is 5. The summed E-state index contributed by atoms with van der Waals surface area (Å²) in [7, 11) is 1.62. The third kappa shape index (κ3) is 4.81. The number of methoxy groups -OCH3 is 1. The third-order valence-electron chi connectivity index (χ3n) is 5.88. The van der Waals surface area contributed by atoms with Crippen molar-refractivity contribution in [3.05, 3.63) is 58.1 Å². The Kier molecular flexibility index (Phi) is 6.70. The van der Waals surface area contributed by atoms with Crippen LogP contribution in [0.25, 0.3) is 0 Å². The van der Waals surface area contributed by atoms with Crippen LogP contribution in [0.15, 0.2) is 47.6 Å². The van der Waals surface area contributed by atoms with Gasteiger partial charge in [-0.25, -0.2) is 0 Å². The van der Waals surface area contributed by atoms with Crippen LogP contribution < -0.4 is 15.1 Å². The van der Waals surface area contributed by atoms with Crippen LogP contribution in [0.5, 0.6) is 5.75 Å². The average Bonchev–Trinajstić information content (AvgIpc) is 3.20. The van der Waals surface area contributed by atoms with E-state index in [2.05, 4.69) is 10.4 Å². The van der Waals surface area contributed by atoms with Crippen molar-refractivity contribution in [2.24, 2.45) is 5.10 Å². The Labute approximate surface area is 191 Å². The number of ether oxygens (including phenoxy) is 1. The van der Waals surface area contributed by atoms with Crippen molar-refractivity contribution in [1.82, 2.24) is 5.32 Å². The van der Waals surface area contributed by atoms with Crippen molar-refractivity contribution in [3.63, 3.8) is 0 Å². The first-order valence-electron chi connectivity index (χ1n) is 10.4. The maximum absolute atomic E-state index is 13.0. The standard InChI is InChI=1S/C23H25Cl2N3O3/c1-31-16-9-6-14(7-10-16)21-13-19(23(30)26-18-4-2-3-5-22(18)29)27-28(21)20-11-8-15(24)12-17(20)25/h6-12,18,21-22,29H,2-5,13H2,1H3,(H,26,30)/t18-,21?,22-/m1/s1. The summed E-state index contributed by atoms with van der Waals surface area (Å²) in [5.74, 6) is 0.500. The Hall–Kier alpha value is -2.28. The number of rotatable bonds is 5. The Bertz CT molecular complexity index is 981. The minimum Gasteiger partial charge on any atom is -0.497 e. The third-order valence-corrected chi connectivity index (χ3v) is 6.41. The molecule has 2 aromatic carbocycles. The number of carbonyl (C=O) groups excluding carboxylic acids is 1. The number of nitrogens with one attached hydrogen (secondary N) is 1. The number of hydrazone groups is 1. The van der Waals surface area contributed by atoms with Crippen LogP contribution in [0.2, 0.25) is 10.0 Å². The number of anilines is 1. The van der Waals surface area contributed by atoms with Crippen LogP contribution >= 0.6 is 23.2 Å². The molecule has 1 aliphatic carbocycles. The summed E-state index contributed by atoms with van der Waals surface area (Å²) in [4.78, 5) is 13.0. The second kappa shape index (κ2) is 9.47. The van der Waals surface area contributed by atoms with Crippen LogP contribution in [0.3, 0.4) is 0 Å². The molecule has 2 N–H and O–H groups in total. The van der Waals surface area contributed by atoms with Gasteiger partial charge in [-0.05, 0) is 48.7 Å². The van der Waals surface area contributed by atoms with Gasteiger partial charge in [0.05, 0.1) is 36.0 Å². The second-order valence-corrected chi connectivity index (χ2v) is 8.76. The Morgan fingerprint density at radius 1 is 1.16 bits per heavy atom. The molecule has 164 valence electrons. The number of hydrogen-bond donors (Lipinski definition) is 2. The molecular formula is C23H25Cl2N3O3. The zero-order valence-electron chi connectivity index (χ0n) is 17.2. The van der Waals surface area contributed by atoms with Crippen molar-refractivity contribution in [2.45, 2.75) is 50.3 Å². The summed E-state index contributed by atoms with van der Waals surface area (Å²) >= 11 is 12.5. The van der Waals surface area contributed by atoms with Crippen LogP contribution in [-0.2, 0) is 4.79 Å². The highest BCUT2D eigenvalue weighted by atomic mass is 35.5. The van der Waals surface area contributed by atoms with E-state index in [1.54, 1.807) is 30.3 Å². The molecule has 1 fully saturated rings. The molecule has 2 aliphatic rings. The molecule has 1 unspecified atom stereocenters. The number of aliphatic hydroxyl groups is 1. The Morgan fingerprint density at radius 2 is 1.90 bits per heavy atom. The molecule has 0 spiro atoms. The Morgan fingerprint density at radius 3 is 2.58 bits per heavy atom. The average molecular weight is 462 g/mol. The highest BCUT2D eigenvalue weighted by Crippen LogP contribution is 2.40. The molecule has 6 nitrogen and oxygen atoms in total. The molecule has 31 heavy (non-hydrogen) atoms. The monoisotopic (exact) mass is 461 g/mol. The largest absolute Gasteiger partial charge is 0.497 e. The maximum Gasteiger partial charge on any atom is 0.267 e. The van der Waals surface area contributed by atoms with E-state index < -0.39 is 6.10 Å². The quantitative estimate of drug-likeness (QED) is 0.674.